The normalized spacial score (nSPS) is 25.9. The molecule has 0 unspecified atom stereocenters. The molecule has 1 spiro atoms. The molecule has 3 heterocycles. The molecule has 3 fully saturated rings. The van der Waals surface area contributed by atoms with Gasteiger partial charge < -0.3 is 19.1 Å². The summed E-state index contributed by atoms with van der Waals surface area (Å²) in [5.41, 5.74) is -0.190. The van der Waals surface area contributed by atoms with Gasteiger partial charge in [-0.15, -0.1) is 0 Å². The van der Waals surface area contributed by atoms with Gasteiger partial charge in [0, 0.05) is 32.8 Å². The van der Waals surface area contributed by atoms with Crippen LogP contribution in [0.3, 0.4) is 0 Å². The summed E-state index contributed by atoms with van der Waals surface area (Å²) in [6, 6.07) is 6.13. The Bertz CT molecular complexity index is 640. The maximum Gasteiger partial charge on any atom is 0.257 e. The summed E-state index contributed by atoms with van der Waals surface area (Å²) in [5, 5.41) is 0. The quantitative estimate of drug-likeness (QED) is 0.825. The summed E-state index contributed by atoms with van der Waals surface area (Å²) in [6.45, 7) is 4.12. The van der Waals surface area contributed by atoms with Gasteiger partial charge in [0.2, 0.25) is 0 Å². The highest BCUT2D eigenvalue weighted by Gasteiger charge is 2.50. The van der Waals surface area contributed by atoms with Crippen LogP contribution in [0.2, 0.25) is 0 Å². The Kier molecular flexibility index (Phi) is 5.25. The largest absolute Gasteiger partial charge is 0.381 e. The van der Waals surface area contributed by atoms with Crippen LogP contribution in [0.15, 0.2) is 24.3 Å². The molecular formula is C20H26FNO4. The smallest absolute Gasteiger partial charge is 0.257 e. The van der Waals surface area contributed by atoms with Crippen LogP contribution in [-0.2, 0) is 14.2 Å². The maximum atomic E-state index is 13.8. The predicted octanol–water partition coefficient (Wildman–Crippen LogP) is 2.64. The lowest BCUT2D eigenvalue weighted by Gasteiger charge is -2.53. The fourth-order valence-corrected chi connectivity index (χ4v) is 4.13. The Labute approximate surface area is 153 Å². The molecule has 3 aliphatic heterocycles. The van der Waals surface area contributed by atoms with Crippen molar-refractivity contribution in [1.29, 1.82) is 0 Å². The number of carbonyl (C=O) groups excluding carboxylic acids is 1. The number of likely N-dealkylation sites (tertiary alicyclic amines) is 1. The molecule has 1 aromatic rings. The van der Waals surface area contributed by atoms with Gasteiger partial charge in [-0.3, -0.25) is 4.79 Å². The standard InChI is InChI=1S/C20H26FNO4/c21-18-4-2-1-3-17(18)19(23)22-13-20(14-22)11-16(7-10-26-20)25-12-15-5-8-24-9-6-15/h1-4,15-16H,5-14H2/t16-/m0/s1. The van der Waals surface area contributed by atoms with Crippen LogP contribution in [-0.4, -0.2) is 62.0 Å². The molecule has 26 heavy (non-hydrogen) atoms. The average molecular weight is 363 g/mol. The second-order valence-corrected chi connectivity index (χ2v) is 7.68. The van der Waals surface area contributed by atoms with Crippen molar-refractivity contribution in [3.63, 3.8) is 0 Å². The van der Waals surface area contributed by atoms with Crippen molar-refractivity contribution in [3.8, 4) is 0 Å². The molecule has 4 rings (SSSR count). The average Bonchev–Trinajstić information content (AvgIpc) is 2.65. The molecule has 1 aromatic carbocycles. The van der Waals surface area contributed by atoms with Gasteiger partial charge in [0.15, 0.2) is 0 Å². The minimum atomic E-state index is -0.472. The van der Waals surface area contributed by atoms with Crippen molar-refractivity contribution in [1.82, 2.24) is 4.90 Å². The summed E-state index contributed by atoms with van der Waals surface area (Å²) < 4.78 is 31.4. The lowest BCUT2D eigenvalue weighted by Crippen LogP contribution is -2.67. The molecule has 142 valence electrons. The molecule has 0 N–H and O–H groups in total. The number of rotatable bonds is 4. The molecule has 1 amide bonds. The summed E-state index contributed by atoms with van der Waals surface area (Å²) in [6.07, 6.45) is 4.01. The van der Waals surface area contributed by atoms with E-state index in [9.17, 15) is 9.18 Å². The van der Waals surface area contributed by atoms with E-state index in [1.54, 1.807) is 17.0 Å². The number of amides is 1. The van der Waals surface area contributed by atoms with Crippen molar-refractivity contribution in [2.75, 3.05) is 39.5 Å². The highest BCUT2D eigenvalue weighted by molar-refractivity contribution is 5.95. The van der Waals surface area contributed by atoms with Gasteiger partial charge in [0.1, 0.15) is 11.4 Å². The number of ether oxygens (including phenoxy) is 3. The van der Waals surface area contributed by atoms with Crippen LogP contribution >= 0.6 is 0 Å². The highest BCUT2D eigenvalue weighted by atomic mass is 19.1. The predicted molar refractivity (Wildman–Crippen MR) is 93.5 cm³/mol. The molecular weight excluding hydrogens is 337 g/mol. The number of benzene rings is 1. The van der Waals surface area contributed by atoms with Crippen LogP contribution in [0.1, 0.15) is 36.0 Å². The topological polar surface area (TPSA) is 48.0 Å². The van der Waals surface area contributed by atoms with Gasteiger partial charge in [0.05, 0.1) is 24.8 Å². The van der Waals surface area contributed by atoms with Crippen molar-refractivity contribution in [2.45, 2.75) is 37.4 Å². The van der Waals surface area contributed by atoms with Crippen molar-refractivity contribution in [3.05, 3.63) is 35.6 Å². The van der Waals surface area contributed by atoms with E-state index in [0.29, 0.717) is 25.6 Å². The molecule has 5 nitrogen and oxygen atoms in total. The summed E-state index contributed by atoms with van der Waals surface area (Å²) in [5.74, 6) is -0.147. The van der Waals surface area contributed by atoms with Crippen molar-refractivity contribution >= 4 is 5.91 Å². The van der Waals surface area contributed by atoms with Gasteiger partial charge in [-0.25, -0.2) is 4.39 Å². The van der Waals surface area contributed by atoms with Crippen molar-refractivity contribution in [2.24, 2.45) is 5.92 Å². The Balaban J connectivity index is 1.28. The first-order valence-electron chi connectivity index (χ1n) is 9.52. The van der Waals surface area contributed by atoms with Crippen LogP contribution in [0.25, 0.3) is 0 Å². The van der Waals surface area contributed by atoms with Gasteiger partial charge in [0.25, 0.3) is 5.91 Å². The summed E-state index contributed by atoms with van der Waals surface area (Å²) in [7, 11) is 0. The molecule has 0 aliphatic carbocycles. The third kappa shape index (κ3) is 3.77. The molecule has 0 bridgehead atoms. The molecule has 0 aromatic heterocycles. The van der Waals surface area contributed by atoms with E-state index in [2.05, 4.69) is 0 Å². The van der Waals surface area contributed by atoms with E-state index < -0.39 is 5.82 Å². The third-order valence-corrected chi connectivity index (χ3v) is 5.71. The first-order chi connectivity index (χ1) is 12.7. The monoisotopic (exact) mass is 363 g/mol. The highest BCUT2D eigenvalue weighted by Crippen LogP contribution is 2.36. The summed E-state index contributed by atoms with van der Waals surface area (Å²) >= 11 is 0. The second-order valence-electron chi connectivity index (χ2n) is 7.68. The van der Waals surface area contributed by atoms with Gasteiger partial charge in [-0.2, -0.15) is 0 Å². The van der Waals surface area contributed by atoms with E-state index >= 15 is 0 Å². The summed E-state index contributed by atoms with van der Waals surface area (Å²) in [4.78, 5) is 14.1. The number of halogens is 1. The van der Waals surface area contributed by atoms with E-state index in [4.69, 9.17) is 14.2 Å². The zero-order chi connectivity index (χ0) is 18.0. The molecule has 1 atom stereocenters. The van der Waals surface area contributed by atoms with Gasteiger partial charge >= 0.3 is 0 Å². The SMILES string of the molecule is O=C(c1ccccc1F)N1CC2(C[C@@H](OCC3CCOCC3)CCO2)C1. The fourth-order valence-electron chi connectivity index (χ4n) is 4.13. The number of hydrogen-bond acceptors (Lipinski definition) is 4. The van der Waals surface area contributed by atoms with Gasteiger partial charge in [-0.05, 0) is 37.3 Å². The second kappa shape index (κ2) is 7.62. The number of nitrogens with zero attached hydrogens (tertiary/aromatic N) is 1. The Morgan fingerprint density at radius 3 is 2.73 bits per heavy atom. The first kappa shape index (κ1) is 17.9. The third-order valence-electron chi connectivity index (χ3n) is 5.71. The van der Waals surface area contributed by atoms with E-state index in [1.807, 2.05) is 0 Å². The van der Waals surface area contributed by atoms with Crippen LogP contribution in [0, 0.1) is 11.7 Å². The number of hydrogen-bond donors (Lipinski definition) is 0. The van der Waals surface area contributed by atoms with Crippen LogP contribution < -0.4 is 0 Å². The zero-order valence-electron chi connectivity index (χ0n) is 15.0. The maximum absolute atomic E-state index is 13.8. The van der Waals surface area contributed by atoms with E-state index in [-0.39, 0.29) is 23.2 Å². The first-order valence-corrected chi connectivity index (χ1v) is 9.52. The lowest BCUT2D eigenvalue weighted by atomic mass is 9.84. The molecule has 3 saturated heterocycles. The molecule has 0 radical (unpaired) electrons. The van der Waals surface area contributed by atoms with Gasteiger partial charge in [-0.1, -0.05) is 12.1 Å². The molecule has 6 heteroatoms. The van der Waals surface area contributed by atoms with E-state index in [0.717, 1.165) is 45.5 Å². The van der Waals surface area contributed by atoms with Crippen LogP contribution in [0.4, 0.5) is 4.39 Å². The molecule has 0 saturated carbocycles. The van der Waals surface area contributed by atoms with Crippen molar-refractivity contribution < 1.29 is 23.4 Å². The van der Waals surface area contributed by atoms with Crippen LogP contribution in [0.5, 0.6) is 0 Å². The molecule has 3 aliphatic rings. The van der Waals surface area contributed by atoms with E-state index in [1.165, 1.54) is 12.1 Å². The number of carbonyl (C=O) groups is 1. The minimum absolute atomic E-state index is 0.130. The minimum Gasteiger partial charge on any atom is -0.381 e. The lowest BCUT2D eigenvalue weighted by molar-refractivity contribution is -0.188. The Morgan fingerprint density at radius 2 is 1.96 bits per heavy atom. The zero-order valence-corrected chi connectivity index (χ0v) is 15.0. The Morgan fingerprint density at radius 1 is 1.19 bits per heavy atom. The Hall–Kier alpha value is -1.50. The fraction of sp³-hybridized carbons (Fsp3) is 0.650.